The van der Waals surface area contributed by atoms with Crippen LogP contribution in [0.1, 0.15) is 61.3 Å². The largest absolute Gasteiger partial charge is 0.370 e. The topological polar surface area (TPSA) is 91.5 Å². The predicted molar refractivity (Wildman–Crippen MR) is 145 cm³/mol. The molecule has 2 aromatic heterocycles. The third-order valence-corrected chi connectivity index (χ3v) is 9.85. The second-order valence-electron chi connectivity index (χ2n) is 10.8. The van der Waals surface area contributed by atoms with Crippen LogP contribution in [0.3, 0.4) is 0 Å². The van der Waals surface area contributed by atoms with E-state index in [1.54, 1.807) is 36.7 Å². The maximum absolute atomic E-state index is 12.7. The molecule has 2 aliphatic heterocycles. The van der Waals surface area contributed by atoms with Crippen LogP contribution in [0.2, 0.25) is 10.0 Å². The molecule has 10 heteroatoms. The number of benzene rings is 1. The highest BCUT2D eigenvalue weighted by Crippen LogP contribution is 2.51. The maximum atomic E-state index is 12.7. The van der Waals surface area contributed by atoms with Gasteiger partial charge in [0.15, 0.2) is 0 Å². The Kier molecular flexibility index (Phi) is 6.68. The minimum absolute atomic E-state index is 0.115. The highest BCUT2D eigenvalue weighted by Gasteiger charge is 2.49. The van der Waals surface area contributed by atoms with E-state index in [-0.39, 0.29) is 16.9 Å². The van der Waals surface area contributed by atoms with Crippen molar-refractivity contribution < 1.29 is 21.9 Å². The molecule has 1 aromatic carbocycles. The first-order chi connectivity index (χ1) is 18.2. The number of fused-ring (bicyclic) bond motifs is 3. The molecule has 0 radical (unpaired) electrons. The van der Waals surface area contributed by atoms with Crippen LogP contribution in [0.4, 0.5) is 0 Å². The van der Waals surface area contributed by atoms with E-state index in [1.807, 2.05) is 13.0 Å². The number of ether oxygens (including phenoxy) is 1. The molecule has 7 nitrogen and oxygen atoms in total. The van der Waals surface area contributed by atoms with Crippen molar-refractivity contribution in [1.29, 1.82) is 0 Å². The van der Waals surface area contributed by atoms with Crippen molar-refractivity contribution in [3.63, 3.8) is 0 Å². The zero-order valence-electron chi connectivity index (χ0n) is 21.0. The van der Waals surface area contributed by atoms with Crippen LogP contribution in [-0.2, 0) is 19.0 Å². The molecule has 4 aliphatic rings. The molecule has 2 saturated heterocycles. The maximum Gasteiger partial charge on any atom is 0.296 e. The second-order valence-corrected chi connectivity index (χ2v) is 13.2. The van der Waals surface area contributed by atoms with Crippen molar-refractivity contribution in [1.82, 2.24) is 10.1 Å². The van der Waals surface area contributed by atoms with E-state index >= 15 is 0 Å². The molecule has 0 N–H and O–H groups in total. The van der Waals surface area contributed by atoms with Gasteiger partial charge >= 0.3 is 0 Å². The molecular weight excluding hydrogens is 547 g/mol. The van der Waals surface area contributed by atoms with E-state index in [0.29, 0.717) is 33.8 Å². The van der Waals surface area contributed by atoms with E-state index in [2.05, 4.69) is 16.2 Å². The van der Waals surface area contributed by atoms with Gasteiger partial charge in [0.2, 0.25) is 0 Å². The summed E-state index contributed by atoms with van der Waals surface area (Å²) in [5.74, 6) is 1.18. The molecule has 0 atom stereocenters. The Morgan fingerprint density at radius 3 is 2.37 bits per heavy atom. The number of halogens is 2. The first-order valence-electron chi connectivity index (χ1n) is 12.8. The molecule has 4 fully saturated rings. The average molecular weight is 576 g/mol. The smallest absolute Gasteiger partial charge is 0.296 e. The Balaban J connectivity index is 1.19. The summed E-state index contributed by atoms with van der Waals surface area (Å²) in [5, 5.41) is 5.17. The molecule has 0 spiro atoms. The minimum atomic E-state index is -3.82. The van der Waals surface area contributed by atoms with Crippen molar-refractivity contribution in [3.05, 3.63) is 69.7 Å². The van der Waals surface area contributed by atoms with Crippen LogP contribution in [0.15, 0.2) is 52.2 Å². The zero-order chi connectivity index (χ0) is 26.5. The van der Waals surface area contributed by atoms with Gasteiger partial charge in [0.25, 0.3) is 10.1 Å². The van der Waals surface area contributed by atoms with Gasteiger partial charge in [-0.05, 0) is 57.6 Å². The summed E-state index contributed by atoms with van der Waals surface area (Å²) in [5.41, 5.74) is 2.33. The van der Waals surface area contributed by atoms with Gasteiger partial charge in [-0.1, -0.05) is 58.2 Å². The summed E-state index contributed by atoms with van der Waals surface area (Å²) in [6, 6.07) is 6.70. The first kappa shape index (κ1) is 26.0. The van der Waals surface area contributed by atoms with Gasteiger partial charge < -0.3 is 9.26 Å². The molecule has 200 valence electrons. The standard InChI is InChI=1S/C28H28Cl2N2O5S/c1-18-2-6-20(7-3-18)38(33,34)36-17-27-10-12-28(13-11-27,35-16-27)9-8-21-25(32-37-26(21)19-4-5-19)24-22(29)14-31-15-23(24)30/h2-3,6-9,14-15,19H,4-5,10-13,16-17H2,1H3/b9-8+. The summed E-state index contributed by atoms with van der Waals surface area (Å²) in [7, 11) is -3.82. The molecular formula is C28H28Cl2N2O5S. The van der Waals surface area contributed by atoms with Crippen molar-refractivity contribution in [2.45, 2.75) is 61.9 Å². The highest BCUT2D eigenvalue weighted by molar-refractivity contribution is 7.86. The van der Waals surface area contributed by atoms with Gasteiger partial charge in [0, 0.05) is 34.9 Å². The number of nitrogens with zero attached hydrogens (tertiary/aromatic N) is 2. The first-order valence-corrected chi connectivity index (χ1v) is 14.9. The molecule has 0 amide bonds. The third-order valence-electron chi connectivity index (χ3n) is 8.00. The van der Waals surface area contributed by atoms with Crippen LogP contribution >= 0.6 is 23.2 Å². The molecule has 3 aromatic rings. The Hall–Kier alpha value is -2.23. The molecule has 2 bridgehead atoms. The Labute approximate surface area is 232 Å². The van der Waals surface area contributed by atoms with Crippen LogP contribution in [-0.4, -0.2) is 37.4 Å². The number of pyridine rings is 1. The van der Waals surface area contributed by atoms with Gasteiger partial charge in [-0.3, -0.25) is 9.17 Å². The molecule has 38 heavy (non-hydrogen) atoms. The van der Waals surface area contributed by atoms with E-state index in [0.717, 1.165) is 55.4 Å². The molecule has 7 rings (SSSR count). The third kappa shape index (κ3) is 4.93. The van der Waals surface area contributed by atoms with Gasteiger partial charge in [0.1, 0.15) is 11.5 Å². The molecule has 4 heterocycles. The normalized spacial score (nSPS) is 25.3. The SMILES string of the molecule is Cc1ccc(S(=O)(=O)OCC23CCC(/C=C/c4c(-c5c(Cl)cncc5Cl)noc4C4CC4)(CC2)OC3)cc1. The van der Waals surface area contributed by atoms with Crippen molar-refractivity contribution in [2.24, 2.45) is 5.41 Å². The summed E-state index contributed by atoms with van der Waals surface area (Å²) >= 11 is 12.9. The van der Waals surface area contributed by atoms with Crippen molar-refractivity contribution in [2.75, 3.05) is 13.2 Å². The lowest BCUT2D eigenvalue weighted by atomic mass is 9.66. The highest BCUT2D eigenvalue weighted by atomic mass is 35.5. The van der Waals surface area contributed by atoms with Gasteiger partial charge in [-0.25, -0.2) is 0 Å². The van der Waals surface area contributed by atoms with Crippen LogP contribution in [0.25, 0.3) is 17.3 Å². The number of hydrogen-bond acceptors (Lipinski definition) is 7. The lowest BCUT2D eigenvalue weighted by molar-refractivity contribution is -0.167. The lowest BCUT2D eigenvalue weighted by Gasteiger charge is -2.51. The van der Waals surface area contributed by atoms with Crippen molar-refractivity contribution in [3.8, 4) is 11.3 Å². The summed E-state index contributed by atoms with van der Waals surface area (Å²) in [4.78, 5) is 4.23. The van der Waals surface area contributed by atoms with Crippen LogP contribution in [0, 0.1) is 12.3 Å². The average Bonchev–Trinajstić information content (AvgIpc) is 3.68. The Bertz CT molecular complexity index is 1450. The molecule has 0 unspecified atom stereocenters. The lowest BCUT2D eigenvalue weighted by Crippen LogP contribution is -2.52. The number of aromatic nitrogens is 2. The predicted octanol–water partition coefficient (Wildman–Crippen LogP) is 6.98. The van der Waals surface area contributed by atoms with E-state index in [9.17, 15) is 8.42 Å². The second kappa shape index (κ2) is 9.75. The van der Waals surface area contributed by atoms with Crippen LogP contribution < -0.4 is 0 Å². The Morgan fingerprint density at radius 1 is 1.08 bits per heavy atom. The molecule has 2 saturated carbocycles. The molecule has 2 aliphatic carbocycles. The van der Waals surface area contributed by atoms with Gasteiger partial charge in [-0.2, -0.15) is 8.42 Å². The van der Waals surface area contributed by atoms with E-state index in [1.165, 1.54) is 0 Å². The van der Waals surface area contributed by atoms with Gasteiger partial charge in [0.05, 0.1) is 33.8 Å². The summed E-state index contributed by atoms with van der Waals surface area (Å²) in [6.45, 7) is 2.47. The summed E-state index contributed by atoms with van der Waals surface area (Å²) < 4.78 is 43.1. The minimum Gasteiger partial charge on any atom is -0.370 e. The zero-order valence-corrected chi connectivity index (χ0v) is 23.3. The fraction of sp³-hybridized carbons (Fsp3) is 0.429. The van der Waals surface area contributed by atoms with E-state index < -0.39 is 15.7 Å². The summed E-state index contributed by atoms with van der Waals surface area (Å²) in [6.07, 6.45) is 12.5. The fourth-order valence-electron chi connectivity index (χ4n) is 5.33. The number of hydrogen-bond donors (Lipinski definition) is 0. The quantitative estimate of drug-likeness (QED) is 0.268. The van der Waals surface area contributed by atoms with E-state index in [4.69, 9.17) is 36.6 Å². The number of rotatable bonds is 8. The van der Waals surface area contributed by atoms with Gasteiger partial charge in [-0.15, -0.1) is 0 Å². The monoisotopic (exact) mass is 574 g/mol. The Morgan fingerprint density at radius 2 is 1.76 bits per heavy atom. The van der Waals surface area contributed by atoms with Crippen molar-refractivity contribution >= 4 is 39.4 Å². The number of aryl methyl sites for hydroxylation is 1. The van der Waals surface area contributed by atoms with Crippen LogP contribution in [0.5, 0.6) is 0 Å². The fourth-order valence-corrected chi connectivity index (χ4v) is 6.88.